The summed E-state index contributed by atoms with van der Waals surface area (Å²) in [5.41, 5.74) is 2.20. The Morgan fingerprint density at radius 3 is 3.10 bits per heavy atom. The van der Waals surface area contributed by atoms with Crippen LogP contribution in [-0.2, 0) is 9.47 Å². The summed E-state index contributed by atoms with van der Waals surface area (Å²) < 4.78 is 10.8. The number of nitrogens with zero attached hydrogens (tertiary/aromatic N) is 1. The zero-order chi connectivity index (χ0) is 13.9. The lowest BCUT2D eigenvalue weighted by Gasteiger charge is -2.11. The summed E-state index contributed by atoms with van der Waals surface area (Å²) in [6.07, 6.45) is 2.05. The maximum Gasteiger partial charge on any atom is 0.338 e. The number of carbonyl (C=O) groups excluding carboxylic acids is 1. The van der Waals surface area contributed by atoms with E-state index in [-0.39, 0.29) is 12.1 Å². The molecular weight excluding hydrogens is 254 g/mol. The predicted octanol–water partition coefficient (Wildman–Crippen LogP) is 2.88. The van der Waals surface area contributed by atoms with Gasteiger partial charge in [-0.05, 0) is 31.9 Å². The minimum Gasteiger partial charge on any atom is -0.459 e. The average Bonchev–Trinajstić information content (AvgIpc) is 2.97. The third-order valence-corrected chi connectivity index (χ3v) is 3.49. The molecule has 3 rings (SSSR count). The van der Waals surface area contributed by atoms with E-state index >= 15 is 0 Å². The van der Waals surface area contributed by atoms with Gasteiger partial charge < -0.3 is 9.47 Å². The van der Waals surface area contributed by atoms with Crippen LogP contribution in [0, 0.1) is 6.92 Å². The molecule has 0 radical (unpaired) electrons. The number of hydrogen-bond acceptors (Lipinski definition) is 4. The van der Waals surface area contributed by atoms with E-state index in [0.717, 1.165) is 36.0 Å². The van der Waals surface area contributed by atoms with Gasteiger partial charge in [-0.3, -0.25) is 4.98 Å². The van der Waals surface area contributed by atoms with Crippen LogP contribution in [0.3, 0.4) is 0 Å². The molecule has 1 unspecified atom stereocenters. The lowest BCUT2D eigenvalue weighted by Crippen LogP contribution is -2.18. The summed E-state index contributed by atoms with van der Waals surface area (Å²) in [6, 6.07) is 9.39. The molecule has 0 N–H and O–H groups in total. The molecule has 20 heavy (non-hydrogen) atoms. The molecule has 1 fully saturated rings. The third-order valence-electron chi connectivity index (χ3n) is 3.49. The Balaban J connectivity index is 1.83. The molecule has 2 heterocycles. The van der Waals surface area contributed by atoms with Crippen molar-refractivity contribution in [2.75, 3.05) is 13.2 Å². The highest BCUT2D eigenvalue weighted by molar-refractivity contribution is 6.03. The molecule has 0 amide bonds. The lowest BCUT2D eigenvalue weighted by atomic mass is 10.1. The first-order valence-corrected chi connectivity index (χ1v) is 6.89. The maximum atomic E-state index is 12.3. The number of hydrogen-bond donors (Lipinski definition) is 0. The molecule has 0 saturated carbocycles. The second-order valence-electron chi connectivity index (χ2n) is 5.06. The van der Waals surface area contributed by atoms with Gasteiger partial charge in [-0.15, -0.1) is 0 Å². The van der Waals surface area contributed by atoms with Crippen LogP contribution in [0.5, 0.6) is 0 Å². The molecular formula is C16H17NO3. The zero-order valence-electron chi connectivity index (χ0n) is 11.5. The van der Waals surface area contributed by atoms with Crippen molar-refractivity contribution in [1.82, 2.24) is 4.98 Å². The fraction of sp³-hybridized carbons (Fsp3) is 0.375. The van der Waals surface area contributed by atoms with Gasteiger partial charge in [-0.25, -0.2) is 4.79 Å². The first-order valence-electron chi connectivity index (χ1n) is 6.89. The van der Waals surface area contributed by atoms with Gasteiger partial charge in [-0.1, -0.05) is 18.2 Å². The van der Waals surface area contributed by atoms with Crippen LogP contribution in [0.2, 0.25) is 0 Å². The lowest BCUT2D eigenvalue weighted by molar-refractivity contribution is 0.0163. The smallest absolute Gasteiger partial charge is 0.338 e. The topological polar surface area (TPSA) is 48.4 Å². The summed E-state index contributed by atoms with van der Waals surface area (Å²) in [4.78, 5) is 16.7. The summed E-state index contributed by atoms with van der Waals surface area (Å²) in [7, 11) is 0. The van der Waals surface area contributed by atoms with Crippen LogP contribution in [0.1, 0.15) is 28.9 Å². The number of benzene rings is 1. The van der Waals surface area contributed by atoms with E-state index in [4.69, 9.17) is 9.47 Å². The second-order valence-corrected chi connectivity index (χ2v) is 5.06. The standard InChI is InChI=1S/C16H17NO3/c1-11-9-14(13-6-2-3-7-15(13)17-11)16(18)20-10-12-5-4-8-19-12/h2-3,6-7,9,12H,4-5,8,10H2,1H3. The van der Waals surface area contributed by atoms with Crippen molar-refractivity contribution >= 4 is 16.9 Å². The van der Waals surface area contributed by atoms with E-state index < -0.39 is 0 Å². The zero-order valence-corrected chi connectivity index (χ0v) is 11.5. The molecule has 0 spiro atoms. The maximum absolute atomic E-state index is 12.3. The summed E-state index contributed by atoms with van der Waals surface area (Å²) in [6.45, 7) is 2.97. The van der Waals surface area contributed by atoms with Gasteiger partial charge in [0, 0.05) is 17.7 Å². The van der Waals surface area contributed by atoms with Crippen LogP contribution >= 0.6 is 0 Å². The van der Waals surface area contributed by atoms with E-state index in [1.807, 2.05) is 31.2 Å². The minimum absolute atomic E-state index is 0.0492. The molecule has 104 valence electrons. The van der Waals surface area contributed by atoms with Crippen LogP contribution in [-0.4, -0.2) is 30.3 Å². The largest absolute Gasteiger partial charge is 0.459 e. The highest BCUT2D eigenvalue weighted by Crippen LogP contribution is 2.20. The number of pyridine rings is 1. The van der Waals surface area contributed by atoms with Crippen molar-refractivity contribution in [2.24, 2.45) is 0 Å². The predicted molar refractivity (Wildman–Crippen MR) is 75.7 cm³/mol. The number of carbonyl (C=O) groups is 1. The van der Waals surface area contributed by atoms with E-state index in [1.165, 1.54) is 0 Å². The minimum atomic E-state index is -0.304. The average molecular weight is 271 g/mol. The molecule has 4 nitrogen and oxygen atoms in total. The Morgan fingerprint density at radius 2 is 2.30 bits per heavy atom. The second kappa shape index (κ2) is 5.59. The van der Waals surface area contributed by atoms with Gasteiger partial charge in [0.2, 0.25) is 0 Å². The molecule has 2 aromatic rings. The molecule has 1 saturated heterocycles. The molecule has 1 aliphatic rings. The van der Waals surface area contributed by atoms with Crippen molar-refractivity contribution < 1.29 is 14.3 Å². The van der Waals surface area contributed by atoms with Crippen molar-refractivity contribution in [3.63, 3.8) is 0 Å². The van der Waals surface area contributed by atoms with Crippen LogP contribution in [0.4, 0.5) is 0 Å². The van der Waals surface area contributed by atoms with Crippen LogP contribution in [0.15, 0.2) is 30.3 Å². The molecule has 1 atom stereocenters. The Hall–Kier alpha value is -1.94. The number of aromatic nitrogens is 1. The van der Waals surface area contributed by atoms with Gasteiger partial charge in [0.05, 0.1) is 17.2 Å². The molecule has 1 aromatic carbocycles. The normalized spacial score (nSPS) is 18.4. The van der Waals surface area contributed by atoms with Crippen molar-refractivity contribution in [2.45, 2.75) is 25.9 Å². The highest BCUT2D eigenvalue weighted by atomic mass is 16.6. The number of fused-ring (bicyclic) bond motifs is 1. The number of para-hydroxylation sites is 1. The first-order chi connectivity index (χ1) is 9.74. The molecule has 1 aliphatic heterocycles. The fourth-order valence-corrected chi connectivity index (χ4v) is 2.50. The van der Waals surface area contributed by atoms with Gasteiger partial charge in [0.1, 0.15) is 6.61 Å². The van der Waals surface area contributed by atoms with Gasteiger partial charge in [-0.2, -0.15) is 0 Å². The Bertz CT molecular complexity index is 633. The van der Waals surface area contributed by atoms with Crippen molar-refractivity contribution in [1.29, 1.82) is 0 Å². The first kappa shape index (κ1) is 13.1. The third kappa shape index (κ3) is 2.65. The molecule has 0 aliphatic carbocycles. The summed E-state index contributed by atoms with van der Waals surface area (Å²) >= 11 is 0. The van der Waals surface area contributed by atoms with Gasteiger partial charge in [0.25, 0.3) is 0 Å². The monoisotopic (exact) mass is 271 g/mol. The highest BCUT2D eigenvalue weighted by Gasteiger charge is 2.19. The van der Waals surface area contributed by atoms with Crippen LogP contribution < -0.4 is 0 Å². The molecule has 4 heteroatoms. The summed E-state index contributed by atoms with van der Waals surface area (Å²) in [5.74, 6) is -0.304. The van der Waals surface area contributed by atoms with E-state index in [1.54, 1.807) is 6.07 Å². The number of aryl methyl sites for hydroxylation is 1. The Kier molecular flexibility index (Phi) is 3.65. The SMILES string of the molecule is Cc1cc(C(=O)OCC2CCCO2)c2ccccc2n1. The van der Waals surface area contributed by atoms with E-state index in [9.17, 15) is 4.79 Å². The number of rotatable bonds is 3. The van der Waals surface area contributed by atoms with Gasteiger partial charge >= 0.3 is 5.97 Å². The van der Waals surface area contributed by atoms with Crippen molar-refractivity contribution in [3.8, 4) is 0 Å². The fourth-order valence-electron chi connectivity index (χ4n) is 2.50. The van der Waals surface area contributed by atoms with E-state index in [0.29, 0.717) is 12.2 Å². The number of ether oxygens (including phenoxy) is 2. The van der Waals surface area contributed by atoms with Crippen LogP contribution in [0.25, 0.3) is 10.9 Å². The quantitative estimate of drug-likeness (QED) is 0.805. The van der Waals surface area contributed by atoms with Crippen molar-refractivity contribution in [3.05, 3.63) is 41.6 Å². The van der Waals surface area contributed by atoms with E-state index in [2.05, 4.69) is 4.98 Å². The molecule has 0 bridgehead atoms. The Morgan fingerprint density at radius 1 is 1.45 bits per heavy atom. The summed E-state index contributed by atoms with van der Waals surface area (Å²) in [5, 5.41) is 0.829. The Labute approximate surface area is 117 Å². The molecule has 1 aromatic heterocycles. The van der Waals surface area contributed by atoms with Gasteiger partial charge in [0.15, 0.2) is 0 Å². The number of esters is 1.